The molecule has 1 saturated heterocycles. The lowest BCUT2D eigenvalue weighted by molar-refractivity contribution is -0.115. The van der Waals surface area contributed by atoms with Gasteiger partial charge in [0.05, 0.1) is 11.9 Å². The number of amides is 1. The molecule has 1 unspecified atom stereocenters. The van der Waals surface area contributed by atoms with E-state index in [2.05, 4.69) is 25.5 Å². The summed E-state index contributed by atoms with van der Waals surface area (Å²) in [6, 6.07) is 2.02. The van der Waals surface area contributed by atoms with Crippen molar-refractivity contribution in [2.45, 2.75) is 25.7 Å². The van der Waals surface area contributed by atoms with Gasteiger partial charge in [0, 0.05) is 54.1 Å². The lowest BCUT2D eigenvalue weighted by atomic mass is 9.92. The number of nitrogens with one attached hydrogen (secondary N) is 2. The second-order valence-electron chi connectivity index (χ2n) is 6.19. The summed E-state index contributed by atoms with van der Waals surface area (Å²) in [6.45, 7) is 3.75. The fourth-order valence-corrected chi connectivity index (χ4v) is 3.44. The number of pyridine rings is 1. The molecule has 0 saturated carbocycles. The second kappa shape index (κ2) is 6.64. The number of carbonyl (C=O) groups excluding carboxylic acids is 1. The van der Waals surface area contributed by atoms with Crippen molar-refractivity contribution in [3.8, 4) is 0 Å². The highest BCUT2D eigenvalue weighted by molar-refractivity contribution is 6.05. The summed E-state index contributed by atoms with van der Waals surface area (Å²) < 4.78 is 0. The molecule has 1 aliphatic rings. The lowest BCUT2D eigenvalue weighted by Crippen LogP contribution is -2.39. The molecule has 130 valence electrons. The number of rotatable bonds is 3. The van der Waals surface area contributed by atoms with Crippen LogP contribution >= 0.6 is 0 Å². The van der Waals surface area contributed by atoms with Gasteiger partial charge in [0.15, 0.2) is 0 Å². The molecule has 0 aliphatic carbocycles. The summed E-state index contributed by atoms with van der Waals surface area (Å²) in [5.41, 5.74) is 1.78. The Balaban J connectivity index is 1.67. The third kappa shape index (κ3) is 3.00. The molecule has 25 heavy (non-hydrogen) atoms. The molecule has 3 aromatic rings. The predicted octanol–water partition coefficient (Wildman–Crippen LogP) is 2.35. The minimum atomic E-state index is -0.413. The average molecular weight is 340 g/mol. The molecule has 8 heteroatoms. The Bertz CT molecular complexity index is 908. The van der Waals surface area contributed by atoms with E-state index in [1.54, 1.807) is 11.3 Å². The Kier molecular flexibility index (Phi) is 4.19. The summed E-state index contributed by atoms with van der Waals surface area (Å²) in [6.07, 6.45) is 6.94. The largest absolute Gasteiger partial charge is 0.426 e. The lowest BCUT2D eigenvalue weighted by Gasteiger charge is -2.30. The van der Waals surface area contributed by atoms with Crippen molar-refractivity contribution in [1.29, 1.82) is 0 Å². The Hall–Kier alpha value is -2.74. The first-order valence-corrected chi connectivity index (χ1v) is 8.54. The predicted molar refractivity (Wildman–Crippen MR) is 92.9 cm³/mol. The Morgan fingerprint density at radius 1 is 1.48 bits per heavy atom. The molecule has 8 nitrogen and oxygen atoms in total. The Labute approximate surface area is 144 Å². The minimum Gasteiger partial charge on any atom is -0.351 e. The number of nitrogens with zero attached hydrogens (tertiary/aromatic N) is 4. The SMILES string of the molecule is CCNC(=O)ON1CCCC(c2nncc3cnc4[nH]ccc4c23)C1. The van der Waals surface area contributed by atoms with Crippen molar-refractivity contribution >= 4 is 27.9 Å². The summed E-state index contributed by atoms with van der Waals surface area (Å²) in [7, 11) is 0. The molecule has 1 atom stereocenters. The quantitative estimate of drug-likeness (QED) is 0.760. The maximum absolute atomic E-state index is 11.7. The van der Waals surface area contributed by atoms with Gasteiger partial charge in [-0.05, 0) is 25.8 Å². The van der Waals surface area contributed by atoms with E-state index < -0.39 is 6.09 Å². The molecule has 4 rings (SSSR count). The highest BCUT2D eigenvalue weighted by Gasteiger charge is 2.27. The van der Waals surface area contributed by atoms with Gasteiger partial charge in [-0.25, -0.2) is 9.78 Å². The number of aromatic amines is 1. The standard InChI is InChI=1S/C17H20N6O2/c1-2-18-17(24)25-23-7-3-4-11(10-23)15-14-12(9-21-22-15)8-20-16-13(14)5-6-19-16/h5-6,8-9,11H,2-4,7,10H2,1H3,(H,18,24)(H,19,20). The zero-order chi connectivity index (χ0) is 17.2. The normalized spacial score (nSPS) is 18.5. The molecule has 0 aromatic carbocycles. The maximum atomic E-state index is 11.7. The number of aromatic nitrogens is 4. The monoisotopic (exact) mass is 340 g/mol. The molecular weight excluding hydrogens is 320 g/mol. The van der Waals surface area contributed by atoms with E-state index in [1.807, 2.05) is 25.4 Å². The zero-order valence-corrected chi connectivity index (χ0v) is 14.0. The zero-order valence-electron chi connectivity index (χ0n) is 14.0. The van der Waals surface area contributed by atoms with E-state index in [-0.39, 0.29) is 5.92 Å². The molecule has 2 N–H and O–H groups in total. The smallest absolute Gasteiger partial charge is 0.351 e. The third-order valence-corrected chi connectivity index (χ3v) is 4.54. The topological polar surface area (TPSA) is 96.0 Å². The van der Waals surface area contributed by atoms with Gasteiger partial charge in [-0.3, -0.25) is 0 Å². The van der Waals surface area contributed by atoms with Crippen LogP contribution in [0.1, 0.15) is 31.4 Å². The second-order valence-corrected chi connectivity index (χ2v) is 6.19. The molecule has 0 radical (unpaired) electrons. The molecule has 0 spiro atoms. The van der Waals surface area contributed by atoms with Crippen LogP contribution in [0.3, 0.4) is 0 Å². The molecule has 1 amide bonds. The first-order valence-electron chi connectivity index (χ1n) is 8.54. The number of H-pyrrole nitrogens is 1. The van der Waals surface area contributed by atoms with Gasteiger partial charge in [-0.15, -0.1) is 5.06 Å². The van der Waals surface area contributed by atoms with E-state index in [0.29, 0.717) is 13.1 Å². The van der Waals surface area contributed by atoms with E-state index in [1.165, 1.54) is 0 Å². The fourth-order valence-electron chi connectivity index (χ4n) is 3.44. The number of fused-ring (bicyclic) bond motifs is 3. The highest BCUT2D eigenvalue weighted by atomic mass is 16.7. The molecule has 0 bridgehead atoms. The summed E-state index contributed by atoms with van der Waals surface area (Å²) in [5.74, 6) is 0.153. The van der Waals surface area contributed by atoms with Gasteiger partial charge in [0.1, 0.15) is 5.65 Å². The van der Waals surface area contributed by atoms with Crippen molar-refractivity contribution in [2.24, 2.45) is 0 Å². The fraction of sp³-hybridized carbons (Fsp3) is 0.412. The van der Waals surface area contributed by atoms with Crippen LogP contribution in [0.2, 0.25) is 0 Å². The third-order valence-electron chi connectivity index (χ3n) is 4.54. The van der Waals surface area contributed by atoms with Crippen LogP contribution in [0.25, 0.3) is 21.8 Å². The van der Waals surface area contributed by atoms with Crippen molar-refractivity contribution in [3.63, 3.8) is 0 Å². The van der Waals surface area contributed by atoms with E-state index in [0.717, 1.165) is 46.9 Å². The highest BCUT2D eigenvalue weighted by Crippen LogP contribution is 2.33. The van der Waals surface area contributed by atoms with Crippen LogP contribution in [0, 0.1) is 0 Å². The number of hydroxylamine groups is 2. The van der Waals surface area contributed by atoms with Crippen LogP contribution in [0.5, 0.6) is 0 Å². The van der Waals surface area contributed by atoms with Crippen LogP contribution in [0.15, 0.2) is 24.7 Å². The first kappa shape index (κ1) is 15.8. The van der Waals surface area contributed by atoms with Crippen molar-refractivity contribution < 1.29 is 9.63 Å². The van der Waals surface area contributed by atoms with E-state index in [9.17, 15) is 4.79 Å². The van der Waals surface area contributed by atoms with Gasteiger partial charge in [0.2, 0.25) is 0 Å². The van der Waals surface area contributed by atoms with Crippen LogP contribution in [-0.2, 0) is 4.84 Å². The van der Waals surface area contributed by atoms with Gasteiger partial charge >= 0.3 is 6.09 Å². The maximum Gasteiger partial charge on any atom is 0.426 e. The van der Waals surface area contributed by atoms with Gasteiger partial charge in [-0.2, -0.15) is 10.2 Å². The first-order chi connectivity index (χ1) is 12.3. The van der Waals surface area contributed by atoms with Gasteiger partial charge in [-0.1, -0.05) is 0 Å². The van der Waals surface area contributed by atoms with E-state index in [4.69, 9.17) is 4.84 Å². The molecule has 1 aliphatic heterocycles. The van der Waals surface area contributed by atoms with Gasteiger partial charge in [0.25, 0.3) is 0 Å². The number of piperidine rings is 1. The summed E-state index contributed by atoms with van der Waals surface area (Å²) >= 11 is 0. The Morgan fingerprint density at radius 3 is 3.28 bits per heavy atom. The Morgan fingerprint density at radius 2 is 2.40 bits per heavy atom. The number of hydrogen-bond acceptors (Lipinski definition) is 6. The average Bonchev–Trinajstić information content (AvgIpc) is 3.10. The van der Waals surface area contributed by atoms with Crippen LogP contribution < -0.4 is 5.32 Å². The summed E-state index contributed by atoms with van der Waals surface area (Å²) in [4.78, 5) is 24.6. The van der Waals surface area contributed by atoms with Crippen LogP contribution in [0.4, 0.5) is 4.79 Å². The number of carbonyl (C=O) groups is 1. The molecular formula is C17H20N6O2. The van der Waals surface area contributed by atoms with Crippen molar-refractivity contribution in [2.75, 3.05) is 19.6 Å². The number of hydrogen-bond donors (Lipinski definition) is 2. The minimum absolute atomic E-state index is 0.153. The summed E-state index contributed by atoms with van der Waals surface area (Å²) in [5, 5.41) is 16.1. The van der Waals surface area contributed by atoms with E-state index >= 15 is 0 Å². The molecule has 1 fully saturated rings. The van der Waals surface area contributed by atoms with Gasteiger partial charge < -0.3 is 15.1 Å². The van der Waals surface area contributed by atoms with Crippen molar-refractivity contribution in [1.82, 2.24) is 30.5 Å². The molecule has 3 aromatic heterocycles. The van der Waals surface area contributed by atoms with Crippen molar-refractivity contribution in [3.05, 3.63) is 30.4 Å². The van der Waals surface area contributed by atoms with Crippen LogP contribution in [-0.4, -0.2) is 51.0 Å². The molecule has 4 heterocycles.